The minimum absolute atomic E-state index is 0.341. The molecule has 3 aliphatic carbocycles. The zero-order valence-electron chi connectivity index (χ0n) is 12.7. The Morgan fingerprint density at radius 2 is 1.74 bits per heavy atom. The van der Waals surface area contributed by atoms with E-state index >= 15 is 0 Å². The van der Waals surface area contributed by atoms with E-state index < -0.39 is 0 Å². The molecule has 1 amide bonds. The fourth-order valence-electron chi connectivity index (χ4n) is 4.60. The molecule has 0 bridgehead atoms. The first-order valence-electron chi connectivity index (χ1n) is 8.35. The Hall–Kier alpha value is -0.530. The van der Waals surface area contributed by atoms with Gasteiger partial charge in [0, 0.05) is 12.0 Å². The minimum Gasteiger partial charge on any atom is -0.353 e. The lowest BCUT2D eigenvalue weighted by Crippen LogP contribution is -2.47. The lowest BCUT2D eigenvalue weighted by molar-refractivity contribution is -0.126. The first-order chi connectivity index (χ1) is 9.04. The van der Waals surface area contributed by atoms with Crippen molar-refractivity contribution in [3.8, 4) is 0 Å². The SMILES string of the molecule is CC1CCC(C(C)C)C(NC(=O)C2CC3CC3C2)C1. The molecule has 0 aromatic heterocycles. The summed E-state index contributed by atoms with van der Waals surface area (Å²) in [5.74, 6) is 4.68. The van der Waals surface area contributed by atoms with Gasteiger partial charge in [-0.3, -0.25) is 4.79 Å². The molecule has 19 heavy (non-hydrogen) atoms. The van der Waals surface area contributed by atoms with Gasteiger partial charge in [0.1, 0.15) is 0 Å². The molecular weight excluding hydrogens is 234 g/mol. The van der Waals surface area contributed by atoms with E-state index in [1.54, 1.807) is 0 Å². The molecule has 0 spiro atoms. The summed E-state index contributed by atoms with van der Waals surface area (Å²) in [6.45, 7) is 6.95. The summed E-state index contributed by atoms with van der Waals surface area (Å²) < 4.78 is 0. The zero-order valence-corrected chi connectivity index (χ0v) is 12.7. The molecular formula is C17H29NO. The van der Waals surface area contributed by atoms with Crippen molar-refractivity contribution < 1.29 is 4.79 Å². The zero-order chi connectivity index (χ0) is 13.6. The standard InChI is InChI=1S/C17H29NO/c1-10(2)15-5-4-11(3)6-16(15)18-17(19)14-8-12-7-13(12)9-14/h10-16H,4-9H2,1-3H3,(H,18,19). The fourth-order valence-corrected chi connectivity index (χ4v) is 4.60. The predicted octanol–water partition coefficient (Wildman–Crippen LogP) is 3.61. The maximum Gasteiger partial charge on any atom is 0.223 e. The van der Waals surface area contributed by atoms with E-state index in [0.29, 0.717) is 29.7 Å². The number of nitrogens with one attached hydrogen (secondary N) is 1. The predicted molar refractivity (Wildman–Crippen MR) is 77.6 cm³/mol. The van der Waals surface area contributed by atoms with Gasteiger partial charge in [0.15, 0.2) is 0 Å². The maximum absolute atomic E-state index is 12.4. The average molecular weight is 263 g/mol. The Morgan fingerprint density at radius 1 is 1.05 bits per heavy atom. The number of carbonyl (C=O) groups excluding carboxylic acids is 1. The van der Waals surface area contributed by atoms with Crippen LogP contribution in [0.5, 0.6) is 0 Å². The van der Waals surface area contributed by atoms with Gasteiger partial charge >= 0.3 is 0 Å². The van der Waals surface area contributed by atoms with Crippen molar-refractivity contribution in [1.29, 1.82) is 0 Å². The number of fused-ring (bicyclic) bond motifs is 1. The summed E-state index contributed by atoms with van der Waals surface area (Å²) in [6, 6.07) is 0.438. The number of amides is 1. The molecule has 5 unspecified atom stereocenters. The Bertz CT molecular complexity index is 341. The molecule has 3 rings (SSSR count). The normalized spacial score (nSPS) is 45.1. The first-order valence-corrected chi connectivity index (χ1v) is 8.35. The smallest absolute Gasteiger partial charge is 0.223 e. The molecule has 0 aromatic carbocycles. The summed E-state index contributed by atoms with van der Waals surface area (Å²) in [5.41, 5.74) is 0. The van der Waals surface area contributed by atoms with Crippen molar-refractivity contribution in [3.05, 3.63) is 0 Å². The van der Waals surface area contributed by atoms with Gasteiger partial charge in [0.2, 0.25) is 5.91 Å². The molecule has 0 heterocycles. The molecule has 0 aromatic rings. The molecule has 3 saturated carbocycles. The third-order valence-electron chi connectivity index (χ3n) is 5.96. The second kappa shape index (κ2) is 5.10. The second-order valence-electron chi connectivity index (χ2n) is 7.87. The van der Waals surface area contributed by atoms with Crippen molar-refractivity contribution in [2.24, 2.45) is 35.5 Å². The highest BCUT2D eigenvalue weighted by atomic mass is 16.2. The summed E-state index contributed by atoms with van der Waals surface area (Å²) >= 11 is 0. The van der Waals surface area contributed by atoms with Crippen molar-refractivity contribution in [1.82, 2.24) is 5.32 Å². The van der Waals surface area contributed by atoms with Gasteiger partial charge in [-0.05, 0) is 61.7 Å². The van der Waals surface area contributed by atoms with E-state index in [4.69, 9.17) is 0 Å². The van der Waals surface area contributed by atoms with E-state index in [1.165, 1.54) is 38.5 Å². The van der Waals surface area contributed by atoms with Gasteiger partial charge in [-0.2, -0.15) is 0 Å². The van der Waals surface area contributed by atoms with E-state index in [2.05, 4.69) is 26.1 Å². The second-order valence-corrected chi connectivity index (χ2v) is 7.87. The van der Waals surface area contributed by atoms with Gasteiger partial charge in [0.05, 0.1) is 0 Å². The summed E-state index contributed by atoms with van der Waals surface area (Å²) in [5, 5.41) is 3.42. The van der Waals surface area contributed by atoms with Crippen LogP contribution < -0.4 is 5.32 Å². The van der Waals surface area contributed by atoms with Crippen LogP contribution in [0.15, 0.2) is 0 Å². The molecule has 5 atom stereocenters. The third-order valence-corrected chi connectivity index (χ3v) is 5.96. The van der Waals surface area contributed by atoms with Crippen LogP contribution in [-0.4, -0.2) is 11.9 Å². The first kappa shape index (κ1) is 13.5. The summed E-state index contributed by atoms with van der Waals surface area (Å²) in [6.07, 6.45) is 7.56. The summed E-state index contributed by atoms with van der Waals surface area (Å²) in [7, 11) is 0. The Labute approximate surface area is 117 Å². The summed E-state index contributed by atoms with van der Waals surface area (Å²) in [4.78, 5) is 12.4. The highest BCUT2D eigenvalue weighted by Gasteiger charge is 2.48. The van der Waals surface area contributed by atoms with Crippen LogP contribution in [0.1, 0.15) is 59.3 Å². The number of hydrogen-bond acceptors (Lipinski definition) is 1. The van der Waals surface area contributed by atoms with Crippen LogP contribution in [-0.2, 0) is 4.79 Å². The topological polar surface area (TPSA) is 29.1 Å². The third kappa shape index (κ3) is 2.83. The van der Waals surface area contributed by atoms with Crippen LogP contribution in [0.25, 0.3) is 0 Å². The Balaban J connectivity index is 1.57. The Morgan fingerprint density at radius 3 is 2.37 bits per heavy atom. The van der Waals surface area contributed by atoms with Crippen LogP contribution in [0.2, 0.25) is 0 Å². The Kier molecular flexibility index (Phi) is 3.61. The van der Waals surface area contributed by atoms with Crippen LogP contribution in [0.3, 0.4) is 0 Å². The number of rotatable bonds is 3. The van der Waals surface area contributed by atoms with Crippen LogP contribution in [0, 0.1) is 35.5 Å². The van der Waals surface area contributed by atoms with Crippen molar-refractivity contribution in [2.75, 3.05) is 0 Å². The van der Waals surface area contributed by atoms with Gasteiger partial charge in [-0.1, -0.05) is 27.2 Å². The molecule has 3 fully saturated rings. The lowest BCUT2D eigenvalue weighted by atomic mass is 9.74. The van der Waals surface area contributed by atoms with E-state index in [1.807, 2.05) is 0 Å². The van der Waals surface area contributed by atoms with Gasteiger partial charge in [-0.15, -0.1) is 0 Å². The molecule has 3 aliphatic rings. The molecule has 2 heteroatoms. The molecule has 108 valence electrons. The minimum atomic E-state index is 0.341. The van der Waals surface area contributed by atoms with Gasteiger partial charge in [-0.25, -0.2) is 0 Å². The molecule has 0 aliphatic heterocycles. The van der Waals surface area contributed by atoms with Gasteiger partial charge < -0.3 is 5.32 Å². The van der Waals surface area contributed by atoms with Gasteiger partial charge in [0.25, 0.3) is 0 Å². The lowest BCUT2D eigenvalue weighted by Gasteiger charge is -2.38. The fraction of sp³-hybridized carbons (Fsp3) is 0.941. The number of hydrogen-bond donors (Lipinski definition) is 1. The van der Waals surface area contributed by atoms with Crippen molar-refractivity contribution in [3.63, 3.8) is 0 Å². The van der Waals surface area contributed by atoms with E-state index in [9.17, 15) is 4.79 Å². The average Bonchev–Trinajstić information content (AvgIpc) is 2.95. The highest BCUT2D eigenvalue weighted by Crippen LogP contribution is 2.54. The largest absolute Gasteiger partial charge is 0.353 e. The number of carbonyl (C=O) groups is 1. The quantitative estimate of drug-likeness (QED) is 0.828. The molecule has 0 saturated heterocycles. The highest BCUT2D eigenvalue weighted by molar-refractivity contribution is 5.79. The molecule has 2 nitrogen and oxygen atoms in total. The molecule has 1 N–H and O–H groups in total. The van der Waals surface area contributed by atoms with E-state index in [-0.39, 0.29) is 0 Å². The maximum atomic E-state index is 12.4. The molecule has 0 radical (unpaired) electrons. The monoisotopic (exact) mass is 263 g/mol. The van der Waals surface area contributed by atoms with Crippen LogP contribution >= 0.6 is 0 Å². The van der Waals surface area contributed by atoms with Crippen LogP contribution in [0.4, 0.5) is 0 Å². The van der Waals surface area contributed by atoms with E-state index in [0.717, 1.165) is 17.8 Å². The van der Waals surface area contributed by atoms with Crippen molar-refractivity contribution >= 4 is 5.91 Å². The van der Waals surface area contributed by atoms with Crippen molar-refractivity contribution in [2.45, 2.75) is 65.3 Å².